The Labute approximate surface area is 206 Å². The second-order valence-corrected chi connectivity index (χ2v) is 8.42. The third kappa shape index (κ3) is 6.47. The van der Waals surface area contributed by atoms with Crippen LogP contribution in [-0.4, -0.2) is 18.6 Å². The normalized spacial score (nSPS) is 10.0. The van der Waals surface area contributed by atoms with Crippen molar-refractivity contribution in [1.29, 1.82) is 0 Å². The maximum atomic E-state index is 14.9. The van der Waals surface area contributed by atoms with E-state index in [0.29, 0.717) is 11.1 Å². The van der Waals surface area contributed by atoms with Crippen molar-refractivity contribution in [3.8, 4) is 16.9 Å². The molecule has 0 aliphatic rings. The van der Waals surface area contributed by atoms with Crippen LogP contribution in [0.25, 0.3) is 23.0 Å². The minimum atomic E-state index is -1.50. The van der Waals surface area contributed by atoms with E-state index in [-0.39, 0.29) is 36.9 Å². The molecule has 0 fully saturated rings. The molecule has 0 spiro atoms. The van der Waals surface area contributed by atoms with Crippen LogP contribution in [0.2, 0.25) is 0 Å². The standard InChI is InChI=1S/C18H13FIN2.C2H2F2I.U/c1-3-13-9-10-15(20-2)17(18(13)19)16-11-21-12-22(16)14-7-5-4-6-8-14;1-5-2(3)4;/h3,5-12H,1-2H2;1H2;/q2*-1;+2. The quantitative estimate of drug-likeness (QED) is 0.213. The monoisotopic (exact) mass is 832 g/mol. The van der Waals surface area contributed by atoms with E-state index in [1.165, 1.54) is 6.08 Å². The zero-order chi connectivity index (χ0) is 19.8. The molecule has 0 unspecified atom stereocenters. The molecule has 144 valence electrons. The third-order valence-corrected chi connectivity index (χ3v) is 5.76. The van der Waals surface area contributed by atoms with Gasteiger partial charge in [0.25, 0.3) is 0 Å². The predicted octanol–water partition coefficient (Wildman–Crippen LogP) is 6.47. The maximum Gasteiger partial charge on any atom is 2.00 e. The first-order chi connectivity index (χ1) is 13.0. The van der Waals surface area contributed by atoms with Gasteiger partial charge in [-0.3, -0.25) is 20.7 Å². The van der Waals surface area contributed by atoms with Crippen molar-refractivity contribution in [2.45, 2.75) is 0 Å². The molecule has 8 heteroatoms. The maximum absolute atomic E-state index is 14.9. The molecule has 3 aromatic rings. The van der Waals surface area contributed by atoms with Gasteiger partial charge in [0.1, 0.15) is 5.82 Å². The van der Waals surface area contributed by atoms with Crippen LogP contribution < -0.4 is 0 Å². The van der Waals surface area contributed by atoms with Gasteiger partial charge in [0, 0.05) is 14.7 Å². The summed E-state index contributed by atoms with van der Waals surface area (Å²) < 4.78 is 44.5. The summed E-state index contributed by atoms with van der Waals surface area (Å²) in [7, 11) is 0. The van der Waals surface area contributed by atoms with E-state index in [1.807, 2.05) is 34.9 Å². The molecule has 0 atom stereocenters. The van der Waals surface area contributed by atoms with E-state index < -0.39 is 45.9 Å². The summed E-state index contributed by atoms with van der Waals surface area (Å²) in [5.41, 5.74) is 2.71. The van der Waals surface area contributed by atoms with Crippen LogP contribution in [0.1, 0.15) is 5.56 Å². The number of benzene rings is 2. The van der Waals surface area contributed by atoms with E-state index >= 15 is 0 Å². The summed E-state index contributed by atoms with van der Waals surface area (Å²) in [4.78, 5) is 4.20. The molecule has 28 heavy (non-hydrogen) atoms. The molecular formula is C20H15F3I2N2U. The molecule has 2 aromatic carbocycles. The number of hydrogen-bond acceptors (Lipinski definition) is 1. The molecule has 1 heterocycles. The number of halogens is 5. The summed E-state index contributed by atoms with van der Waals surface area (Å²) >= 11 is -1.63. The fourth-order valence-electron chi connectivity index (χ4n) is 2.30. The van der Waals surface area contributed by atoms with Gasteiger partial charge in [0.15, 0.2) is 0 Å². The van der Waals surface area contributed by atoms with E-state index in [9.17, 15) is 13.2 Å². The van der Waals surface area contributed by atoms with E-state index in [4.69, 9.17) is 0 Å². The van der Waals surface area contributed by atoms with Crippen LogP contribution in [0.4, 0.5) is 13.2 Å². The zero-order valence-corrected chi connectivity index (χ0v) is 23.1. The summed E-state index contributed by atoms with van der Waals surface area (Å²) in [6.45, 7) is 3.68. The smallest absolute Gasteiger partial charge is 0.410 e. The first-order valence-corrected chi connectivity index (χ1v) is 12.6. The Hall–Kier alpha value is -0.568. The van der Waals surface area contributed by atoms with E-state index in [1.54, 1.807) is 18.6 Å². The van der Waals surface area contributed by atoms with Crippen LogP contribution in [0.15, 0.2) is 55.5 Å². The number of aromatic nitrogens is 2. The second kappa shape index (κ2) is 12.9. The SMILES string of the molecule is C=Cc1ccc(I=C)c(-c2cncn2-c2cc[c-]cc2)c1F.C=I[C-](F)F.[U+2]. The van der Waals surface area contributed by atoms with Gasteiger partial charge in [-0.2, -0.15) is 18.2 Å². The molecule has 0 amide bonds. The van der Waals surface area contributed by atoms with Crippen molar-refractivity contribution in [3.05, 3.63) is 81.0 Å². The summed E-state index contributed by atoms with van der Waals surface area (Å²) in [6.07, 6.45) is 4.91. The fraction of sp³-hybridized carbons (Fsp3) is 0. The molecular weight excluding hydrogens is 817 g/mol. The van der Waals surface area contributed by atoms with Crippen molar-refractivity contribution in [3.63, 3.8) is 0 Å². The first kappa shape index (κ1) is 25.5. The van der Waals surface area contributed by atoms with Gasteiger partial charge in [-0.1, -0.05) is 54.2 Å². The Morgan fingerprint density at radius 1 is 1.14 bits per heavy atom. The molecule has 0 radical (unpaired) electrons. The van der Waals surface area contributed by atoms with Crippen molar-refractivity contribution in [2.24, 2.45) is 0 Å². The van der Waals surface area contributed by atoms with Crippen molar-refractivity contribution in [2.75, 3.05) is 0 Å². The number of rotatable bonds is 5. The van der Waals surface area contributed by atoms with Gasteiger partial charge >= 0.3 is 31.1 Å². The average Bonchev–Trinajstić information content (AvgIpc) is 3.18. The number of imidazole rings is 1. The van der Waals surface area contributed by atoms with Gasteiger partial charge in [0.2, 0.25) is 0 Å². The fourth-order valence-corrected chi connectivity index (χ4v) is 3.63. The molecule has 0 aliphatic carbocycles. The molecule has 1 aromatic heterocycles. The van der Waals surface area contributed by atoms with Gasteiger partial charge in [0.05, 0.1) is 22.7 Å². The zero-order valence-electron chi connectivity index (χ0n) is 14.6. The molecule has 0 saturated heterocycles. The Bertz CT molecular complexity index is 944. The van der Waals surface area contributed by atoms with Crippen LogP contribution in [-0.2, 0) is 0 Å². The van der Waals surface area contributed by atoms with Crippen molar-refractivity contribution < 1.29 is 44.3 Å². The van der Waals surface area contributed by atoms with Crippen molar-refractivity contribution in [1.82, 2.24) is 9.55 Å². The molecule has 0 saturated carbocycles. The van der Waals surface area contributed by atoms with Crippen LogP contribution in [0.5, 0.6) is 0 Å². The summed E-state index contributed by atoms with van der Waals surface area (Å²) in [5, 5.41) is 0. The topological polar surface area (TPSA) is 17.8 Å². The first-order valence-electron chi connectivity index (χ1n) is 7.42. The Balaban J connectivity index is 0.000000584. The summed E-state index contributed by atoms with van der Waals surface area (Å²) in [6, 6.07) is 14.2. The van der Waals surface area contributed by atoms with Gasteiger partial charge < -0.3 is 13.3 Å². The third-order valence-electron chi connectivity index (χ3n) is 3.46. The largest absolute Gasteiger partial charge is 2.00 e. The van der Waals surface area contributed by atoms with Crippen LogP contribution in [0, 0.1) is 51.0 Å². The molecule has 0 N–H and O–H groups in total. The minimum absolute atomic E-state index is 0. The second-order valence-electron chi connectivity index (χ2n) is 4.92. The van der Waals surface area contributed by atoms with Crippen LogP contribution >= 0.6 is 41.5 Å². The average molecular weight is 832 g/mol. The van der Waals surface area contributed by atoms with E-state index in [0.717, 1.165) is 15.0 Å². The predicted molar refractivity (Wildman–Crippen MR) is 124 cm³/mol. The van der Waals surface area contributed by atoms with Crippen LogP contribution in [0.3, 0.4) is 0 Å². The summed E-state index contributed by atoms with van der Waals surface area (Å²) in [5.74, 6) is -0.264. The molecule has 0 bridgehead atoms. The minimum Gasteiger partial charge on any atom is -0.410 e. The molecule has 0 aliphatic heterocycles. The molecule has 2 nitrogen and oxygen atoms in total. The Kier molecular flexibility index (Phi) is 11.7. The Morgan fingerprint density at radius 3 is 2.32 bits per heavy atom. The van der Waals surface area contributed by atoms with Gasteiger partial charge in [-0.25, -0.2) is 9.37 Å². The Morgan fingerprint density at radius 2 is 1.79 bits per heavy atom. The molecule has 3 rings (SSSR count). The van der Waals surface area contributed by atoms with E-state index in [2.05, 4.69) is 26.7 Å². The van der Waals surface area contributed by atoms with Gasteiger partial charge in [-0.05, 0) is 6.07 Å². The van der Waals surface area contributed by atoms with Gasteiger partial charge in [-0.15, -0.1) is 12.1 Å². The number of hydrogen-bond donors (Lipinski definition) is 0. The number of nitrogens with zero attached hydrogens (tertiary/aromatic N) is 2. The van der Waals surface area contributed by atoms with Crippen molar-refractivity contribution >= 4 is 56.6 Å².